The Morgan fingerprint density at radius 1 is 0.941 bits per heavy atom. The van der Waals surface area contributed by atoms with Gasteiger partial charge >= 0.3 is 0 Å². The maximum Gasteiger partial charge on any atom is 0.107 e. The molecule has 2 aromatic rings. The van der Waals surface area contributed by atoms with E-state index in [1.54, 1.807) is 0 Å². The van der Waals surface area contributed by atoms with E-state index in [9.17, 15) is 0 Å². The van der Waals surface area contributed by atoms with Crippen LogP contribution in [0.15, 0.2) is 48.5 Å². The molecule has 0 aliphatic carbocycles. The number of aryl methyl sites for hydroxylation is 1. The molecule has 0 unspecified atom stereocenters. The second-order valence-electron chi connectivity index (χ2n) is 3.94. The molecule has 2 heteroatoms. The maximum atomic E-state index is 4.89. The quantitative estimate of drug-likeness (QED) is 0.586. The SMILES string of the molecule is COOCc1ccc(-c2ccccc2C)cc1. The van der Waals surface area contributed by atoms with E-state index in [1.165, 1.54) is 23.8 Å². The predicted molar refractivity (Wildman–Crippen MR) is 68.4 cm³/mol. The van der Waals surface area contributed by atoms with Gasteiger partial charge in [0.1, 0.15) is 6.61 Å². The van der Waals surface area contributed by atoms with Crippen LogP contribution in [-0.4, -0.2) is 7.11 Å². The Kier molecular flexibility index (Phi) is 3.91. The van der Waals surface area contributed by atoms with Crippen molar-refractivity contribution >= 4 is 0 Å². The van der Waals surface area contributed by atoms with Gasteiger partial charge in [0.25, 0.3) is 0 Å². The molecule has 2 rings (SSSR count). The molecule has 0 N–H and O–H groups in total. The first kappa shape index (κ1) is 11.8. The molecule has 17 heavy (non-hydrogen) atoms. The molecule has 2 nitrogen and oxygen atoms in total. The molecular formula is C15H16O2. The third-order valence-corrected chi connectivity index (χ3v) is 2.75. The van der Waals surface area contributed by atoms with Gasteiger partial charge in [-0.15, -0.1) is 0 Å². The zero-order chi connectivity index (χ0) is 12.1. The first-order valence-electron chi connectivity index (χ1n) is 5.62. The largest absolute Gasteiger partial charge is 0.240 e. The summed E-state index contributed by atoms with van der Waals surface area (Å²) in [4.78, 5) is 9.47. The van der Waals surface area contributed by atoms with Crippen LogP contribution in [0, 0.1) is 6.92 Å². The average Bonchev–Trinajstić information content (AvgIpc) is 2.38. The second-order valence-corrected chi connectivity index (χ2v) is 3.94. The van der Waals surface area contributed by atoms with Gasteiger partial charge in [0.2, 0.25) is 0 Å². The van der Waals surface area contributed by atoms with Crippen molar-refractivity contribution in [3.05, 3.63) is 59.7 Å². The Morgan fingerprint density at radius 2 is 1.65 bits per heavy atom. The third kappa shape index (κ3) is 2.93. The van der Waals surface area contributed by atoms with Crippen molar-refractivity contribution in [2.24, 2.45) is 0 Å². The second kappa shape index (κ2) is 5.62. The lowest BCUT2D eigenvalue weighted by Crippen LogP contribution is -1.91. The standard InChI is InChI=1S/C15H16O2/c1-12-5-3-4-6-15(12)14-9-7-13(8-10-14)11-17-16-2/h3-10H,11H2,1-2H3. The van der Waals surface area contributed by atoms with Gasteiger partial charge in [-0.1, -0.05) is 48.5 Å². The summed E-state index contributed by atoms with van der Waals surface area (Å²) in [6.07, 6.45) is 0. The highest BCUT2D eigenvalue weighted by Gasteiger charge is 2.01. The lowest BCUT2D eigenvalue weighted by Gasteiger charge is -2.07. The lowest BCUT2D eigenvalue weighted by molar-refractivity contribution is -0.282. The minimum absolute atomic E-state index is 0.477. The van der Waals surface area contributed by atoms with Gasteiger partial charge in [-0.3, -0.25) is 0 Å². The summed E-state index contributed by atoms with van der Waals surface area (Å²) in [7, 11) is 1.52. The fraction of sp³-hybridized carbons (Fsp3) is 0.200. The van der Waals surface area contributed by atoms with Gasteiger partial charge in [-0.25, -0.2) is 9.78 Å². The number of hydrogen-bond donors (Lipinski definition) is 0. The molecule has 0 amide bonds. The van der Waals surface area contributed by atoms with Crippen LogP contribution in [0.25, 0.3) is 11.1 Å². The molecule has 0 fully saturated rings. The molecular weight excluding hydrogens is 212 g/mol. The van der Waals surface area contributed by atoms with E-state index in [4.69, 9.17) is 4.89 Å². The highest BCUT2D eigenvalue weighted by Crippen LogP contribution is 2.23. The fourth-order valence-corrected chi connectivity index (χ4v) is 1.80. The van der Waals surface area contributed by atoms with Crippen molar-refractivity contribution in [2.75, 3.05) is 7.11 Å². The molecule has 88 valence electrons. The number of rotatable bonds is 4. The normalized spacial score (nSPS) is 10.5. The predicted octanol–water partition coefficient (Wildman–Crippen LogP) is 3.74. The van der Waals surface area contributed by atoms with E-state index in [0.29, 0.717) is 6.61 Å². The van der Waals surface area contributed by atoms with Gasteiger partial charge in [0.05, 0.1) is 7.11 Å². The third-order valence-electron chi connectivity index (χ3n) is 2.75. The molecule has 0 aromatic heterocycles. The summed E-state index contributed by atoms with van der Waals surface area (Å²) < 4.78 is 0. The summed E-state index contributed by atoms with van der Waals surface area (Å²) in [5.74, 6) is 0. The summed E-state index contributed by atoms with van der Waals surface area (Å²) in [6.45, 7) is 2.60. The highest BCUT2D eigenvalue weighted by atomic mass is 17.2. The maximum absolute atomic E-state index is 4.89. The van der Waals surface area contributed by atoms with Crippen molar-refractivity contribution < 1.29 is 9.78 Å². The van der Waals surface area contributed by atoms with Crippen LogP contribution in [0.4, 0.5) is 0 Å². The Balaban J connectivity index is 2.21. The van der Waals surface area contributed by atoms with Crippen molar-refractivity contribution in [2.45, 2.75) is 13.5 Å². The molecule has 0 aliphatic rings. The molecule has 2 aromatic carbocycles. The fourth-order valence-electron chi connectivity index (χ4n) is 1.80. The summed E-state index contributed by atoms with van der Waals surface area (Å²) >= 11 is 0. The van der Waals surface area contributed by atoms with E-state index in [2.05, 4.69) is 60.3 Å². The van der Waals surface area contributed by atoms with Gasteiger partial charge in [-0.05, 0) is 29.2 Å². The van der Waals surface area contributed by atoms with Crippen molar-refractivity contribution in [1.29, 1.82) is 0 Å². The minimum atomic E-state index is 0.477. The minimum Gasteiger partial charge on any atom is -0.240 e. The molecule has 0 spiro atoms. The molecule has 0 saturated heterocycles. The van der Waals surface area contributed by atoms with E-state index in [0.717, 1.165) is 5.56 Å². The van der Waals surface area contributed by atoms with Gasteiger partial charge in [0, 0.05) is 0 Å². The zero-order valence-electron chi connectivity index (χ0n) is 10.1. The van der Waals surface area contributed by atoms with Crippen LogP contribution in [-0.2, 0) is 16.4 Å². The van der Waals surface area contributed by atoms with Crippen LogP contribution in [0.1, 0.15) is 11.1 Å². The van der Waals surface area contributed by atoms with Gasteiger partial charge in [-0.2, -0.15) is 0 Å². The van der Waals surface area contributed by atoms with E-state index in [-0.39, 0.29) is 0 Å². The van der Waals surface area contributed by atoms with Crippen LogP contribution in [0.5, 0.6) is 0 Å². The van der Waals surface area contributed by atoms with Gasteiger partial charge < -0.3 is 0 Å². The topological polar surface area (TPSA) is 18.5 Å². The Bertz CT molecular complexity index is 475. The van der Waals surface area contributed by atoms with E-state index < -0.39 is 0 Å². The Morgan fingerprint density at radius 3 is 2.29 bits per heavy atom. The van der Waals surface area contributed by atoms with E-state index >= 15 is 0 Å². The summed E-state index contributed by atoms with van der Waals surface area (Å²) in [6, 6.07) is 16.7. The first-order chi connectivity index (χ1) is 8.31. The molecule has 0 bridgehead atoms. The molecule has 0 saturated carbocycles. The lowest BCUT2D eigenvalue weighted by atomic mass is 10.00. The van der Waals surface area contributed by atoms with Crippen molar-refractivity contribution in [3.8, 4) is 11.1 Å². The zero-order valence-corrected chi connectivity index (χ0v) is 10.1. The van der Waals surface area contributed by atoms with Crippen LogP contribution in [0.3, 0.4) is 0 Å². The number of hydrogen-bond acceptors (Lipinski definition) is 2. The van der Waals surface area contributed by atoms with E-state index in [1.807, 2.05) is 0 Å². The van der Waals surface area contributed by atoms with Crippen LogP contribution in [0.2, 0.25) is 0 Å². The molecule has 0 atom stereocenters. The average molecular weight is 228 g/mol. The summed E-state index contributed by atoms with van der Waals surface area (Å²) in [5, 5.41) is 0. The summed E-state index contributed by atoms with van der Waals surface area (Å²) in [5.41, 5.74) is 4.88. The molecule has 0 aliphatic heterocycles. The van der Waals surface area contributed by atoms with Crippen molar-refractivity contribution in [3.63, 3.8) is 0 Å². The smallest absolute Gasteiger partial charge is 0.107 e. The van der Waals surface area contributed by atoms with Crippen LogP contribution >= 0.6 is 0 Å². The highest BCUT2D eigenvalue weighted by molar-refractivity contribution is 5.67. The van der Waals surface area contributed by atoms with Crippen molar-refractivity contribution in [1.82, 2.24) is 0 Å². The van der Waals surface area contributed by atoms with Crippen LogP contribution < -0.4 is 0 Å². The Labute approximate surface area is 102 Å². The number of benzene rings is 2. The monoisotopic (exact) mass is 228 g/mol. The Hall–Kier alpha value is -1.64. The van der Waals surface area contributed by atoms with Gasteiger partial charge in [0.15, 0.2) is 0 Å². The molecule has 0 heterocycles. The first-order valence-corrected chi connectivity index (χ1v) is 5.62. The molecule has 0 radical (unpaired) electrons.